The number of nitrogens with zero attached hydrogens (tertiary/aromatic N) is 1. The summed E-state index contributed by atoms with van der Waals surface area (Å²) in [6.07, 6.45) is -1.31. The van der Waals surface area contributed by atoms with Crippen molar-refractivity contribution >= 4 is 21.4 Å². The summed E-state index contributed by atoms with van der Waals surface area (Å²) < 4.78 is 71.1. The molecule has 0 N–H and O–H groups in total. The molecule has 27 heavy (non-hydrogen) atoms. The predicted molar refractivity (Wildman–Crippen MR) is 95.8 cm³/mol. The molecule has 144 valence electrons. The average Bonchev–Trinajstić information content (AvgIpc) is 3.31. The standard InChI is InChI=1S/C18H16F3NO3S2/c19-18(20,21)15-3-1-5-17(11-15)27(23,24)22(12-14-7-9-25-13-14)8-6-16-4-2-10-26-16/h1-5,7,9-11,13H,6,8,12H2. The predicted octanol–water partition coefficient (Wildman–Crippen LogP) is 4.79. The lowest BCUT2D eigenvalue weighted by Gasteiger charge is -2.22. The van der Waals surface area contributed by atoms with E-state index in [-0.39, 0.29) is 18.0 Å². The summed E-state index contributed by atoms with van der Waals surface area (Å²) in [5.74, 6) is 0. The molecule has 0 aliphatic carbocycles. The number of rotatable bonds is 7. The van der Waals surface area contributed by atoms with Crippen molar-refractivity contribution in [3.05, 3.63) is 76.4 Å². The number of benzene rings is 1. The molecule has 0 unspecified atom stereocenters. The van der Waals surface area contributed by atoms with Gasteiger partial charge in [0.15, 0.2) is 0 Å². The molecule has 0 aliphatic heterocycles. The van der Waals surface area contributed by atoms with Gasteiger partial charge >= 0.3 is 6.18 Å². The number of thiophene rings is 1. The van der Waals surface area contributed by atoms with Crippen LogP contribution in [0.4, 0.5) is 13.2 Å². The number of sulfonamides is 1. The van der Waals surface area contributed by atoms with Gasteiger partial charge in [-0.15, -0.1) is 11.3 Å². The highest BCUT2D eigenvalue weighted by atomic mass is 32.2. The molecule has 0 atom stereocenters. The Kier molecular flexibility index (Phi) is 5.73. The fourth-order valence-electron chi connectivity index (χ4n) is 2.54. The third-order valence-corrected chi connectivity index (χ3v) is 6.70. The van der Waals surface area contributed by atoms with Gasteiger partial charge in [0.1, 0.15) is 0 Å². The highest BCUT2D eigenvalue weighted by molar-refractivity contribution is 7.89. The van der Waals surface area contributed by atoms with E-state index in [9.17, 15) is 21.6 Å². The number of furan rings is 1. The van der Waals surface area contributed by atoms with Crippen LogP contribution in [0.25, 0.3) is 0 Å². The van der Waals surface area contributed by atoms with Gasteiger partial charge in [-0.2, -0.15) is 17.5 Å². The van der Waals surface area contributed by atoms with Gasteiger partial charge < -0.3 is 4.42 Å². The molecule has 0 bridgehead atoms. The van der Waals surface area contributed by atoms with Gasteiger partial charge in [0, 0.05) is 23.5 Å². The van der Waals surface area contributed by atoms with Crippen LogP contribution in [0, 0.1) is 0 Å². The van der Waals surface area contributed by atoms with Gasteiger partial charge in [-0.1, -0.05) is 12.1 Å². The SMILES string of the molecule is O=S(=O)(c1cccc(C(F)(F)F)c1)N(CCc1cccs1)Cc1ccoc1. The van der Waals surface area contributed by atoms with Crippen molar-refractivity contribution in [2.75, 3.05) is 6.54 Å². The normalized spacial score (nSPS) is 12.6. The zero-order chi connectivity index (χ0) is 19.5. The maximum atomic E-state index is 13.0. The van der Waals surface area contributed by atoms with Crippen LogP contribution in [-0.2, 0) is 29.2 Å². The summed E-state index contributed by atoms with van der Waals surface area (Å²) in [4.78, 5) is 0.610. The minimum Gasteiger partial charge on any atom is -0.472 e. The van der Waals surface area contributed by atoms with Gasteiger partial charge in [0.05, 0.1) is 23.0 Å². The summed E-state index contributed by atoms with van der Waals surface area (Å²) in [5.41, 5.74) is -0.373. The summed E-state index contributed by atoms with van der Waals surface area (Å²) >= 11 is 1.50. The van der Waals surface area contributed by atoms with Crippen molar-refractivity contribution in [2.24, 2.45) is 0 Å². The summed E-state index contributed by atoms with van der Waals surface area (Å²) in [5, 5.41) is 1.89. The zero-order valence-corrected chi connectivity index (χ0v) is 15.7. The molecular weight excluding hydrogens is 399 g/mol. The Morgan fingerprint density at radius 1 is 1.11 bits per heavy atom. The summed E-state index contributed by atoms with van der Waals surface area (Å²) in [6, 6.07) is 9.18. The van der Waals surface area contributed by atoms with Crippen LogP contribution in [0.15, 0.2) is 69.7 Å². The van der Waals surface area contributed by atoms with Crippen LogP contribution in [0.2, 0.25) is 0 Å². The second-order valence-corrected chi connectivity index (χ2v) is 8.80. The lowest BCUT2D eigenvalue weighted by molar-refractivity contribution is -0.137. The highest BCUT2D eigenvalue weighted by Crippen LogP contribution is 2.31. The first-order valence-corrected chi connectivity index (χ1v) is 10.3. The van der Waals surface area contributed by atoms with E-state index in [2.05, 4.69) is 0 Å². The smallest absolute Gasteiger partial charge is 0.416 e. The maximum absolute atomic E-state index is 13.0. The molecule has 2 aromatic heterocycles. The average molecular weight is 415 g/mol. The lowest BCUT2D eigenvalue weighted by Crippen LogP contribution is -2.32. The molecular formula is C18H16F3NO3S2. The monoisotopic (exact) mass is 415 g/mol. The Labute approximate surface area is 158 Å². The maximum Gasteiger partial charge on any atom is 0.416 e. The molecule has 3 aromatic rings. The number of alkyl halides is 3. The zero-order valence-electron chi connectivity index (χ0n) is 14.0. The lowest BCUT2D eigenvalue weighted by atomic mass is 10.2. The topological polar surface area (TPSA) is 50.5 Å². The van der Waals surface area contributed by atoms with Crippen molar-refractivity contribution < 1.29 is 26.0 Å². The molecule has 0 spiro atoms. The Morgan fingerprint density at radius 2 is 1.93 bits per heavy atom. The van der Waals surface area contributed by atoms with E-state index >= 15 is 0 Å². The molecule has 1 aromatic carbocycles. The van der Waals surface area contributed by atoms with E-state index in [1.54, 1.807) is 6.07 Å². The van der Waals surface area contributed by atoms with Gasteiger partial charge in [0.25, 0.3) is 0 Å². The van der Waals surface area contributed by atoms with Crippen LogP contribution in [-0.4, -0.2) is 19.3 Å². The fraction of sp³-hybridized carbons (Fsp3) is 0.222. The molecule has 9 heteroatoms. The largest absolute Gasteiger partial charge is 0.472 e. The molecule has 0 saturated carbocycles. The van der Waals surface area contributed by atoms with Crippen molar-refractivity contribution in [1.29, 1.82) is 0 Å². The van der Waals surface area contributed by atoms with Crippen LogP contribution >= 0.6 is 11.3 Å². The highest BCUT2D eigenvalue weighted by Gasteiger charge is 2.33. The van der Waals surface area contributed by atoms with E-state index in [0.717, 1.165) is 17.0 Å². The van der Waals surface area contributed by atoms with Crippen molar-refractivity contribution in [3.63, 3.8) is 0 Å². The van der Waals surface area contributed by atoms with Crippen LogP contribution in [0.1, 0.15) is 16.0 Å². The molecule has 0 saturated heterocycles. The second-order valence-electron chi connectivity index (χ2n) is 5.83. The van der Waals surface area contributed by atoms with E-state index in [1.165, 1.54) is 34.2 Å². The second kappa shape index (κ2) is 7.87. The summed E-state index contributed by atoms with van der Waals surface area (Å²) in [7, 11) is -4.12. The van der Waals surface area contributed by atoms with Crippen LogP contribution in [0.3, 0.4) is 0 Å². The Morgan fingerprint density at radius 3 is 2.56 bits per heavy atom. The molecule has 0 amide bonds. The minimum absolute atomic E-state index is 0.0143. The van der Waals surface area contributed by atoms with Crippen molar-refractivity contribution in [2.45, 2.75) is 24.0 Å². The number of hydrogen-bond acceptors (Lipinski definition) is 4. The Hall–Kier alpha value is -2.10. The van der Waals surface area contributed by atoms with Crippen molar-refractivity contribution in [1.82, 2.24) is 4.31 Å². The third kappa shape index (κ3) is 4.79. The molecule has 3 rings (SSSR count). The van der Waals surface area contributed by atoms with E-state index < -0.39 is 21.8 Å². The molecule has 4 nitrogen and oxygen atoms in total. The van der Waals surface area contributed by atoms with Gasteiger partial charge in [-0.05, 0) is 42.1 Å². The van der Waals surface area contributed by atoms with E-state index in [0.29, 0.717) is 18.1 Å². The van der Waals surface area contributed by atoms with Crippen LogP contribution < -0.4 is 0 Å². The number of hydrogen-bond donors (Lipinski definition) is 0. The quantitative estimate of drug-likeness (QED) is 0.557. The van der Waals surface area contributed by atoms with Gasteiger partial charge in [-0.3, -0.25) is 0 Å². The molecule has 0 radical (unpaired) electrons. The first-order valence-electron chi connectivity index (χ1n) is 7.98. The van der Waals surface area contributed by atoms with Gasteiger partial charge in [0.2, 0.25) is 10.0 Å². The van der Waals surface area contributed by atoms with E-state index in [1.807, 2.05) is 17.5 Å². The summed E-state index contributed by atoms with van der Waals surface area (Å²) in [6.45, 7) is 0.157. The fourth-order valence-corrected chi connectivity index (χ4v) is 4.72. The van der Waals surface area contributed by atoms with Crippen LogP contribution in [0.5, 0.6) is 0 Å². The molecule has 2 heterocycles. The van der Waals surface area contributed by atoms with E-state index in [4.69, 9.17) is 4.42 Å². The third-order valence-electron chi connectivity index (χ3n) is 3.93. The first-order chi connectivity index (χ1) is 12.8. The first kappa shape index (κ1) is 19.7. The van der Waals surface area contributed by atoms with Crippen molar-refractivity contribution in [3.8, 4) is 0 Å². The molecule has 0 fully saturated rings. The Bertz CT molecular complexity index is 966. The van der Waals surface area contributed by atoms with Gasteiger partial charge in [-0.25, -0.2) is 8.42 Å². The molecule has 0 aliphatic rings. The number of halogens is 3. The minimum atomic E-state index is -4.61. The Balaban J connectivity index is 1.91.